The van der Waals surface area contributed by atoms with Crippen LogP contribution in [0, 0.1) is 11.3 Å². The van der Waals surface area contributed by atoms with Crippen LogP contribution in [0.5, 0.6) is 0 Å². The van der Waals surface area contributed by atoms with Crippen LogP contribution < -0.4 is 5.73 Å². The summed E-state index contributed by atoms with van der Waals surface area (Å²) in [5, 5.41) is 8.92. The van der Waals surface area contributed by atoms with Crippen LogP contribution in [0.25, 0.3) is 0 Å². The summed E-state index contributed by atoms with van der Waals surface area (Å²) < 4.78 is 0. The summed E-state index contributed by atoms with van der Waals surface area (Å²) in [7, 11) is 0. The molecule has 0 spiro atoms. The molecule has 2 fully saturated rings. The quantitative estimate of drug-likeness (QED) is 0.732. The van der Waals surface area contributed by atoms with E-state index in [1.807, 2.05) is 0 Å². The molecule has 0 bridgehead atoms. The predicted octanol–water partition coefficient (Wildman–Crippen LogP) is 2.15. The highest BCUT2D eigenvalue weighted by Crippen LogP contribution is 2.53. The summed E-state index contributed by atoms with van der Waals surface area (Å²) >= 11 is 0. The number of carboxylic acids is 1. The average Bonchev–Trinajstić information content (AvgIpc) is 2.82. The van der Waals surface area contributed by atoms with Crippen LogP contribution >= 0.6 is 0 Å². The Kier molecular flexibility index (Phi) is 3.01. The highest BCUT2D eigenvalue weighted by atomic mass is 16.4. The monoisotopic (exact) mass is 211 g/mol. The number of hydrogen-bond donors (Lipinski definition) is 2. The van der Waals surface area contributed by atoms with Crippen LogP contribution in [0.3, 0.4) is 0 Å². The molecule has 0 aliphatic heterocycles. The van der Waals surface area contributed by atoms with Gasteiger partial charge in [-0.2, -0.15) is 0 Å². The zero-order chi connectivity index (χ0) is 10.9. The van der Waals surface area contributed by atoms with Crippen LogP contribution in [0.4, 0.5) is 0 Å². The van der Waals surface area contributed by atoms with Crippen molar-refractivity contribution in [3.63, 3.8) is 0 Å². The van der Waals surface area contributed by atoms with Crippen LogP contribution in [0.15, 0.2) is 0 Å². The van der Waals surface area contributed by atoms with Gasteiger partial charge < -0.3 is 10.8 Å². The Balaban J connectivity index is 1.80. The number of rotatable bonds is 5. The first-order valence-corrected chi connectivity index (χ1v) is 6.12. The molecule has 3 N–H and O–H groups in total. The van der Waals surface area contributed by atoms with Crippen molar-refractivity contribution in [2.24, 2.45) is 17.1 Å². The summed E-state index contributed by atoms with van der Waals surface area (Å²) in [4.78, 5) is 10.9. The summed E-state index contributed by atoms with van der Waals surface area (Å²) in [6, 6.07) is -0.626. The number of nitrogens with two attached hydrogens (primary N) is 1. The molecule has 3 nitrogen and oxygen atoms in total. The summed E-state index contributed by atoms with van der Waals surface area (Å²) in [6.45, 7) is 0. The lowest BCUT2D eigenvalue weighted by Crippen LogP contribution is -2.39. The fourth-order valence-corrected chi connectivity index (χ4v) is 2.93. The first-order chi connectivity index (χ1) is 7.14. The highest BCUT2D eigenvalue weighted by Gasteiger charge is 2.50. The summed E-state index contributed by atoms with van der Waals surface area (Å²) in [5.74, 6) is 0.0300. The molecule has 0 aromatic carbocycles. The minimum absolute atomic E-state index is 0.0333. The van der Waals surface area contributed by atoms with Gasteiger partial charge in [-0.05, 0) is 37.0 Å². The molecular weight excluding hydrogens is 190 g/mol. The fraction of sp³-hybridized carbons (Fsp3) is 0.917. The molecular formula is C12H21NO2. The van der Waals surface area contributed by atoms with E-state index < -0.39 is 12.0 Å². The van der Waals surface area contributed by atoms with E-state index in [0.29, 0.717) is 0 Å². The van der Waals surface area contributed by atoms with Gasteiger partial charge in [0, 0.05) is 0 Å². The van der Waals surface area contributed by atoms with Crippen molar-refractivity contribution in [3.05, 3.63) is 0 Å². The van der Waals surface area contributed by atoms with E-state index in [-0.39, 0.29) is 5.41 Å². The third-order valence-corrected chi connectivity index (χ3v) is 4.34. The smallest absolute Gasteiger partial charge is 0.321 e. The number of hydrogen-bond acceptors (Lipinski definition) is 2. The Morgan fingerprint density at radius 2 is 2.00 bits per heavy atom. The van der Waals surface area contributed by atoms with Gasteiger partial charge >= 0.3 is 5.97 Å². The molecule has 2 aliphatic rings. The molecule has 0 amide bonds. The molecule has 0 aromatic heterocycles. The molecule has 15 heavy (non-hydrogen) atoms. The van der Waals surface area contributed by atoms with E-state index in [2.05, 4.69) is 0 Å². The second-order valence-electron chi connectivity index (χ2n) is 5.37. The van der Waals surface area contributed by atoms with Gasteiger partial charge in [-0.1, -0.05) is 25.7 Å². The first-order valence-electron chi connectivity index (χ1n) is 6.12. The lowest BCUT2D eigenvalue weighted by molar-refractivity contribution is -0.140. The number of carbonyl (C=O) groups is 1. The summed E-state index contributed by atoms with van der Waals surface area (Å²) in [5.41, 5.74) is 5.71. The molecule has 0 radical (unpaired) electrons. The van der Waals surface area contributed by atoms with Gasteiger partial charge in [0.25, 0.3) is 0 Å². The second-order valence-corrected chi connectivity index (χ2v) is 5.37. The summed E-state index contributed by atoms with van der Waals surface area (Å²) in [6.07, 6.45) is 9.69. The van der Waals surface area contributed by atoms with Gasteiger partial charge in [0.2, 0.25) is 0 Å². The molecule has 1 atom stereocenters. The number of carboxylic acid groups (broad SMARTS) is 1. The Hall–Kier alpha value is -0.570. The van der Waals surface area contributed by atoms with Crippen molar-refractivity contribution >= 4 is 5.97 Å². The molecule has 0 saturated heterocycles. The van der Waals surface area contributed by atoms with E-state index in [4.69, 9.17) is 10.8 Å². The maximum atomic E-state index is 10.9. The Labute approximate surface area is 91.0 Å². The molecule has 2 aliphatic carbocycles. The maximum absolute atomic E-state index is 10.9. The second kappa shape index (κ2) is 4.12. The van der Waals surface area contributed by atoms with Crippen molar-refractivity contribution in [1.29, 1.82) is 0 Å². The zero-order valence-corrected chi connectivity index (χ0v) is 9.24. The molecule has 1 unspecified atom stereocenters. The lowest BCUT2D eigenvalue weighted by Gasteiger charge is -2.21. The normalized spacial score (nSPS) is 26.5. The van der Waals surface area contributed by atoms with Crippen LogP contribution in [-0.4, -0.2) is 17.1 Å². The third-order valence-electron chi connectivity index (χ3n) is 4.34. The first kappa shape index (κ1) is 10.9. The van der Waals surface area contributed by atoms with E-state index in [1.165, 1.54) is 32.1 Å². The SMILES string of the molecule is NC(C(=O)O)C1(CCC2CCCC2)CC1. The van der Waals surface area contributed by atoms with Gasteiger partial charge in [0.1, 0.15) is 6.04 Å². The Morgan fingerprint density at radius 3 is 2.47 bits per heavy atom. The molecule has 0 aromatic rings. The molecule has 3 heteroatoms. The van der Waals surface area contributed by atoms with Gasteiger partial charge in [0.15, 0.2) is 0 Å². The standard InChI is InChI=1S/C12H21NO2/c13-10(11(14)15)12(7-8-12)6-5-9-3-1-2-4-9/h9-10H,1-8,13H2,(H,14,15). The van der Waals surface area contributed by atoms with Gasteiger partial charge in [-0.3, -0.25) is 4.79 Å². The maximum Gasteiger partial charge on any atom is 0.321 e. The topological polar surface area (TPSA) is 63.3 Å². The van der Waals surface area contributed by atoms with Gasteiger partial charge in [-0.15, -0.1) is 0 Å². The van der Waals surface area contributed by atoms with E-state index in [1.54, 1.807) is 0 Å². The van der Waals surface area contributed by atoms with Crippen LogP contribution in [-0.2, 0) is 4.79 Å². The zero-order valence-electron chi connectivity index (χ0n) is 9.24. The fourth-order valence-electron chi connectivity index (χ4n) is 2.93. The van der Waals surface area contributed by atoms with E-state index in [0.717, 1.165) is 25.2 Å². The molecule has 2 saturated carbocycles. The minimum Gasteiger partial charge on any atom is -0.480 e. The van der Waals surface area contributed by atoms with Crippen molar-refractivity contribution in [3.8, 4) is 0 Å². The van der Waals surface area contributed by atoms with Crippen molar-refractivity contribution in [2.45, 2.75) is 57.4 Å². The van der Waals surface area contributed by atoms with Crippen molar-refractivity contribution in [1.82, 2.24) is 0 Å². The minimum atomic E-state index is -0.820. The van der Waals surface area contributed by atoms with Crippen LogP contribution in [0.1, 0.15) is 51.4 Å². The largest absolute Gasteiger partial charge is 0.480 e. The highest BCUT2D eigenvalue weighted by molar-refractivity contribution is 5.75. The molecule has 86 valence electrons. The average molecular weight is 211 g/mol. The van der Waals surface area contributed by atoms with E-state index >= 15 is 0 Å². The third kappa shape index (κ3) is 2.33. The van der Waals surface area contributed by atoms with Crippen molar-refractivity contribution in [2.75, 3.05) is 0 Å². The lowest BCUT2D eigenvalue weighted by atomic mass is 9.87. The predicted molar refractivity (Wildman–Crippen MR) is 58.5 cm³/mol. The Bertz CT molecular complexity index is 242. The van der Waals surface area contributed by atoms with Crippen molar-refractivity contribution < 1.29 is 9.90 Å². The van der Waals surface area contributed by atoms with E-state index in [9.17, 15) is 4.79 Å². The molecule has 2 rings (SSSR count). The Morgan fingerprint density at radius 1 is 1.40 bits per heavy atom. The van der Waals surface area contributed by atoms with Crippen LogP contribution in [0.2, 0.25) is 0 Å². The van der Waals surface area contributed by atoms with Gasteiger partial charge in [-0.25, -0.2) is 0 Å². The number of aliphatic carboxylic acids is 1. The van der Waals surface area contributed by atoms with Gasteiger partial charge in [0.05, 0.1) is 0 Å². The molecule has 0 heterocycles.